The normalized spacial score (nSPS) is 12.6. The lowest BCUT2D eigenvalue weighted by Crippen LogP contribution is -2.10. The van der Waals surface area contributed by atoms with Crippen LogP contribution in [0.1, 0.15) is 37.6 Å². The lowest BCUT2D eigenvalue weighted by atomic mass is 10.1. The molecular formula is C15H20N2OS. The molecule has 1 heterocycles. The number of rotatable bonds is 6. The fourth-order valence-electron chi connectivity index (χ4n) is 2.06. The van der Waals surface area contributed by atoms with Crippen LogP contribution in [0.2, 0.25) is 0 Å². The Balaban J connectivity index is 2.18. The summed E-state index contributed by atoms with van der Waals surface area (Å²) in [5.74, 6) is 1.06. The summed E-state index contributed by atoms with van der Waals surface area (Å²) < 4.78 is 1.87. The Morgan fingerprint density at radius 3 is 2.58 bits per heavy atom. The fraction of sp³-hybridized carbons (Fsp3) is 0.400. The van der Waals surface area contributed by atoms with Crippen molar-refractivity contribution in [1.82, 2.24) is 9.78 Å². The molecular weight excluding hydrogens is 256 g/mol. The zero-order valence-corrected chi connectivity index (χ0v) is 12.2. The minimum absolute atomic E-state index is 0.602. The number of hydrogen-bond acceptors (Lipinski definition) is 3. The zero-order valence-electron chi connectivity index (χ0n) is 11.4. The number of aromatic nitrogens is 2. The molecule has 0 aliphatic heterocycles. The fourth-order valence-corrected chi connectivity index (χ4v) is 2.72. The van der Waals surface area contributed by atoms with E-state index in [4.69, 9.17) is 0 Å². The molecule has 19 heavy (non-hydrogen) atoms. The van der Waals surface area contributed by atoms with Crippen molar-refractivity contribution >= 4 is 11.8 Å². The van der Waals surface area contributed by atoms with Crippen molar-refractivity contribution in [2.45, 2.75) is 37.8 Å². The van der Waals surface area contributed by atoms with Gasteiger partial charge in [0, 0.05) is 17.6 Å². The Morgan fingerprint density at radius 1 is 1.21 bits per heavy atom. The molecule has 0 bridgehead atoms. The van der Waals surface area contributed by atoms with Gasteiger partial charge in [0.05, 0.1) is 5.69 Å². The predicted octanol–water partition coefficient (Wildman–Crippen LogP) is 3.49. The van der Waals surface area contributed by atoms with Gasteiger partial charge in [-0.25, -0.2) is 0 Å². The second-order valence-corrected chi connectivity index (χ2v) is 5.72. The van der Waals surface area contributed by atoms with E-state index in [0.29, 0.717) is 0 Å². The molecule has 1 N–H and O–H groups in total. The standard InChI is InChI=1S/C15H20N2OS/c1-3-11-17-14(9-10-16-17)15(18)12-5-7-13(8-6-12)19-4-2/h5-10,15,18H,3-4,11H2,1-2H3. The molecule has 0 aliphatic rings. The average Bonchev–Trinajstić information content (AvgIpc) is 2.88. The van der Waals surface area contributed by atoms with Gasteiger partial charge >= 0.3 is 0 Å². The number of aliphatic hydroxyl groups is 1. The molecule has 0 saturated heterocycles. The smallest absolute Gasteiger partial charge is 0.121 e. The van der Waals surface area contributed by atoms with Gasteiger partial charge in [-0.3, -0.25) is 4.68 Å². The van der Waals surface area contributed by atoms with E-state index < -0.39 is 6.10 Å². The van der Waals surface area contributed by atoms with Crippen molar-refractivity contribution in [3.8, 4) is 0 Å². The largest absolute Gasteiger partial charge is 0.382 e. The van der Waals surface area contributed by atoms with Crippen LogP contribution in [0.3, 0.4) is 0 Å². The first kappa shape index (κ1) is 14.2. The van der Waals surface area contributed by atoms with Gasteiger partial charge in [0.15, 0.2) is 0 Å². The highest BCUT2D eigenvalue weighted by atomic mass is 32.2. The first-order chi connectivity index (χ1) is 9.26. The predicted molar refractivity (Wildman–Crippen MR) is 79.4 cm³/mol. The first-order valence-corrected chi connectivity index (χ1v) is 7.67. The molecule has 1 aromatic carbocycles. The molecule has 2 aromatic rings. The third kappa shape index (κ3) is 3.39. The van der Waals surface area contributed by atoms with E-state index in [9.17, 15) is 5.11 Å². The van der Waals surface area contributed by atoms with Crippen LogP contribution in [-0.4, -0.2) is 20.6 Å². The summed E-state index contributed by atoms with van der Waals surface area (Å²) in [6.45, 7) is 5.08. The molecule has 2 rings (SSSR count). The maximum atomic E-state index is 10.4. The molecule has 0 saturated carbocycles. The van der Waals surface area contributed by atoms with Crippen LogP contribution in [-0.2, 0) is 6.54 Å². The van der Waals surface area contributed by atoms with Gasteiger partial charge in [0.1, 0.15) is 6.10 Å². The highest BCUT2D eigenvalue weighted by Gasteiger charge is 2.14. The first-order valence-electron chi connectivity index (χ1n) is 6.68. The average molecular weight is 276 g/mol. The summed E-state index contributed by atoms with van der Waals surface area (Å²) >= 11 is 1.81. The van der Waals surface area contributed by atoms with E-state index in [1.807, 2.05) is 22.9 Å². The molecule has 0 aliphatic carbocycles. The monoisotopic (exact) mass is 276 g/mol. The van der Waals surface area contributed by atoms with Crippen molar-refractivity contribution in [2.75, 3.05) is 5.75 Å². The summed E-state index contributed by atoms with van der Waals surface area (Å²) in [5.41, 5.74) is 1.77. The van der Waals surface area contributed by atoms with Crippen LogP contribution in [0, 0.1) is 0 Å². The highest BCUT2D eigenvalue weighted by Crippen LogP contribution is 2.25. The molecule has 0 amide bonds. The van der Waals surface area contributed by atoms with E-state index in [1.54, 1.807) is 18.0 Å². The minimum Gasteiger partial charge on any atom is -0.382 e. The van der Waals surface area contributed by atoms with E-state index >= 15 is 0 Å². The third-order valence-electron chi connectivity index (χ3n) is 2.97. The van der Waals surface area contributed by atoms with E-state index in [0.717, 1.165) is 30.0 Å². The summed E-state index contributed by atoms with van der Waals surface area (Å²) in [7, 11) is 0. The van der Waals surface area contributed by atoms with Crippen LogP contribution in [0.25, 0.3) is 0 Å². The third-order valence-corrected chi connectivity index (χ3v) is 3.87. The summed E-state index contributed by atoms with van der Waals surface area (Å²) in [4.78, 5) is 1.24. The Labute approximate surface area is 118 Å². The highest BCUT2D eigenvalue weighted by molar-refractivity contribution is 7.99. The van der Waals surface area contributed by atoms with Crippen molar-refractivity contribution < 1.29 is 5.11 Å². The number of benzene rings is 1. The lowest BCUT2D eigenvalue weighted by molar-refractivity contribution is 0.207. The Hall–Kier alpha value is -1.26. The Kier molecular flexibility index (Phi) is 5.05. The lowest BCUT2D eigenvalue weighted by Gasteiger charge is -2.13. The molecule has 1 atom stereocenters. The van der Waals surface area contributed by atoms with Crippen molar-refractivity contribution in [1.29, 1.82) is 0 Å². The number of nitrogens with zero attached hydrogens (tertiary/aromatic N) is 2. The molecule has 1 aromatic heterocycles. The van der Waals surface area contributed by atoms with Crippen molar-refractivity contribution in [2.24, 2.45) is 0 Å². The van der Waals surface area contributed by atoms with Gasteiger partial charge < -0.3 is 5.11 Å². The van der Waals surface area contributed by atoms with Crippen molar-refractivity contribution in [3.05, 3.63) is 47.8 Å². The zero-order chi connectivity index (χ0) is 13.7. The van der Waals surface area contributed by atoms with Crippen LogP contribution in [0.4, 0.5) is 0 Å². The number of thioether (sulfide) groups is 1. The quantitative estimate of drug-likeness (QED) is 0.821. The summed E-state index contributed by atoms with van der Waals surface area (Å²) in [6, 6.07) is 9.99. The number of hydrogen-bond donors (Lipinski definition) is 1. The maximum Gasteiger partial charge on any atom is 0.121 e. The molecule has 4 heteroatoms. The van der Waals surface area contributed by atoms with E-state index in [2.05, 4.69) is 31.1 Å². The second-order valence-electron chi connectivity index (χ2n) is 4.38. The van der Waals surface area contributed by atoms with Gasteiger partial charge in [0.2, 0.25) is 0 Å². The Morgan fingerprint density at radius 2 is 1.95 bits per heavy atom. The van der Waals surface area contributed by atoms with E-state index in [-0.39, 0.29) is 0 Å². The molecule has 3 nitrogen and oxygen atoms in total. The summed E-state index contributed by atoms with van der Waals surface area (Å²) in [5, 5.41) is 14.7. The van der Waals surface area contributed by atoms with E-state index in [1.165, 1.54) is 4.90 Å². The van der Waals surface area contributed by atoms with Crippen LogP contribution < -0.4 is 0 Å². The topological polar surface area (TPSA) is 38.0 Å². The molecule has 0 fully saturated rings. The van der Waals surface area contributed by atoms with Gasteiger partial charge in [-0.05, 0) is 35.9 Å². The van der Waals surface area contributed by atoms with Crippen LogP contribution in [0.5, 0.6) is 0 Å². The Bertz CT molecular complexity index is 507. The second kappa shape index (κ2) is 6.78. The van der Waals surface area contributed by atoms with Gasteiger partial charge in [0.25, 0.3) is 0 Å². The van der Waals surface area contributed by atoms with Crippen LogP contribution >= 0.6 is 11.8 Å². The van der Waals surface area contributed by atoms with Crippen LogP contribution in [0.15, 0.2) is 41.4 Å². The van der Waals surface area contributed by atoms with Crippen molar-refractivity contribution in [3.63, 3.8) is 0 Å². The summed E-state index contributed by atoms with van der Waals surface area (Å²) in [6.07, 6.45) is 2.15. The molecule has 102 valence electrons. The maximum absolute atomic E-state index is 10.4. The number of aryl methyl sites for hydroxylation is 1. The molecule has 0 radical (unpaired) electrons. The van der Waals surface area contributed by atoms with Gasteiger partial charge in [-0.1, -0.05) is 26.0 Å². The molecule has 0 spiro atoms. The minimum atomic E-state index is -0.602. The van der Waals surface area contributed by atoms with Gasteiger partial charge in [-0.15, -0.1) is 11.8 Å². The number of aliphatic hydroxyl groups excluding tert-OH is 1. The molecule has 1 unspecified atom stereocenters. The van der Waals surface area contributed by atoms with Gasteiger partial charge in [-0.2, -0.15) is 5.10 Å². The SMILES string of the molecule is CCCn1nccc1C(O)c1ccc(SCC)cc1.